The summed E-state index contributed by atoms with van der Waals surface area (Å²) >= 11 is 0. The van der Waals surface area contributed by atoms with Crippen LogP contribution < -0.4 is 16.3 Å². The van der Waals surface area contributed by atoms with Crippen LogP contribution >= 0.6 is 8.07 Å². The summed E-state index contributed by atoms with van der Waals surface area (Å²) in [5, 5.41) is 2.62. The highest BCUT2D eigenvalue weighted by atomic mass is 31.1. The molecule has 2 aromatic carbocycles. The number of allylic oxidation sites excluding steroid dienone is 2. The Labute approximate surface area is 121 Å². The second-order valence-electron chi connectivity index (χ2n) is 4.58. The second kappa shape index (κ2) is 6.04. The van der Waals surface area contributed by atoms with E-state index in [2.05, 4.69) is 59.4 Å². The number of hydrogen-bond donors (Lipinski definition) is 1. The van der Waals surface area contributed by atoms with Crippen LogP contribution in [0.25, 0.3) is 0 Å². The molecule has 1 aliphatic heterocycles. The van der Waals surface area contributed by atoms with Crippen LogP contribution in [0.2, 0.25) is 0 Å². The Morgan fingerprint density at radius 1 is 0.800 bits per heavy atom. The van der Waals surface area contributed by atoms with Crippen molar-refractivity contribution in [3.05, 3.63) is 85.1 Å². The van der Waals surface area contributed by atoms with Crippen LogP contribution in [-0.4, -0.2) is 10.8 Å². The lowest BCUT2D eigenvalue weighted by atomic mass is 10.3. The number of nitrogens with two attached hydrogens (primary N) is 1. The first kappa shape index (κ1) is 13.1. The Bertz CT molecular complexity index is 568. The molecule has 0 saturated heterocycles. The van der Waals surface area contributed by atoms with Crippen LogP contribution in [0.3, 0.4) is 0 Å². The fourth-order valence-electron chi connectivity index (χ4n) is 2.26. The topological polar surface area (TPSA) is 29.3 Å². The van der Waals surface area contributed by atoms with Gasteiger partial charge in [-0.05, 0) is 12.2 Å². The van der Waals surface area contributed by atoms with Gasteiger partial charge in [0, 0.05) is 16.8 Å². The van der Waals surface area contributed by atoms with E-state index in [9.17, 15) is 0 Å². The molecule has 0 radical (unpaired) electrons. The second-order valence-corrected chi connectivity index (χ2v) is 6.70. The molecule has 3 rings (SSSR count). The molecule has 20 heavy (non-hydrogen) atoms. The van der Waals surface area contributed by atoms with E-state index in [-0.39, 0.29) is 6.17 Å². The van der Waals surface area contributed by atoms with E-state index in [1.54, 1.807) is 0 Å². The number of hydrogen-bond acceptors (Lipinski definition) is 2. The maximum atomic E-state index is 6.26. The zero-order valence-electron chi connectivity index (χ0n) is 11.1. The normalized spacial score (nSPS) is 17.7. The van der Waals surface area contributed by atoms with Gasteiger partial charge in [-0.15, -0.1) is 0 Å². The van der Waals surface area contributed by atoms with Crippen LogP contribution in [0.4, 0.5) is 0 Å². The summed E-state index contributed by atoms with van der Waals surface area (Å²) in [6.07, 6.45) is 8.10. The Balaban J connectivity index is 2.05. The zero-order chi connectivity index (χ0) is 13.8. The lowest BCUT2D eigenvalue weighted by Gasteiger charge is -2.35. The Kier molecular flexibility index (Phi) is 3.96. The smallest absolute Gasteiger partial charge is 0.1000 e. The van der Waals surface area contributed by atoms with Gasteiger partial charge in [-0.3, -0.25) is 0 Å². The van der Waals surface area contributed by atoms with E-state index in [1.807, 2.05) is 30.4 Å². The van der Waals surface area contributed by atoms with Crippen molar-refractivity contribution in [2.24, 2.45) is 5.73 Å². The Hall–Kier alpha value is -1.89. The summed E-state index contributed by atoms with van der Waals surface area (Å²) in [7, 11) is -0.638. The van der Waals surface area contributed by atoms with Gasteiger partial charge in [-0.2, -0.15) is 0 Å². The maximum absolute atomic E-state index is 6.26. The van der Waals surface area contributed by atoms with Crippen LogP contribution in [0.1, 0.15) is 0 Å². The summed E-state index contributed by atoms with van der Waals surface area (Å²) in [6.45, 7) is 0. The van der Waals surface area contributed by atoms with Gasteiger partial charge in [0.25, 0.3) is 0 Å². The third-order valence-electron chi connectivity index (χ3n) is 3.20. The summed E-state index contributed by atoms with van der Waals surface area (Å²) in [4.78, 5) is 0. The van der Waals surface area contributed by atoms with Gasteiger partial charge in [0.15, 0.2) is 0 Å². The lowest BCUT2D eigenvalue weighted by Crippen LogP contribution is -2.38. The van der Waals surface area contributed by atoms with Crippen LogP contribution in [-0.2, 0) is 0 Å². The van der Waals surface area contributed by atoms with Crippen molar-refractivity contribution in [1.82, 2.24) is 4.67 Å². The highest BCUT2D eigenvalue weighted by molar-refractivity contribution is 7.70. The van der Waals surface area contributed by atoms with Gasteiger partial charge >= 0.3 is 0 Å². The molecule has 1 unspecified atom stereocenters. The molecule has 1 aliphatic rings. The van der Waals surface area contributed by atoms with Crippen molar-refractivity contribution in [2.45, 2.75) is 6.17 Å². The van der Waals surface area contributed by atoms with E-state index >= 15 is 0 Å². The summed E-state index contributed by atoms with van der Waals surface area (Å²) in [5.41, 5.74) is 6.26. The number of nitrogens with zero attached hydrogens (tertiary/aromatic N) is 1. The van der Waals surface area contributed by atoms with Gasteiger partial charge < -0.3 is 10.4 Å². The third-order valence-corrected chi connectivity index (χ3v) is 5.63. The van der Waals surface area contributed by atoms with E-state index in [0.717, 1.165) is 0 Å². The summed E-state index contributed by atoms with van der Waals surface area (Å²) in [6, 6.07) is 21.2. The van der Waals surface area contributed by atoms with E-state index in [0.29, 0.717) is 0 Å². The first-order valence-corrected chi connectivity index (χ1v) is 7.95. The molecular weight excluding hydrogens is 263 g/mol. The SMILES string of the molecule is NC1C=CC=CN1P(c1ccccc1)c1ccccc1. The molecule has 0 fully saturated rings. The molecule has 0 aliphatic carbocycles. The molecule has 2 nitrogen and oxygen atoms in total. The first-order chi connectivity index (χ1) is 9.86. The van der Waals surface area contributed by atoms with Gasteiger partial charge in [0.2, 0.25) is 0 Å². The molecule has 0 amide bonds. The summed E-state index contributed by atoms with van der Waals surface area (Å²) in [5.74, 6) is 0. The molecule has 0 aromatic heterocycles. The predicted octanol–water partition coefficient (Wildman–Crippen LogP) is 2.70. The molecule has 0 bridgehead atoms. The van der Waals surface area contributed by atoms with Crippen molar-refractivity contribution in [1.29, 1.82) is 0 Å². The average molecular weight is 280 g/mol. The van der Waals surface area contributed by atoms with Crippen LogP contribution in [0.15, 0.2) is 85.1 Å². The van der Waals surface area contributed by atoms with Crippen LogP contribution in [0.5, 0.6) is 0 Å². The summed E-state index contributed by atoms with van der Waals surface area (Å²) < 4.78 is 2.25. The fraction of sp³-hybridized carbons (Fsp3) is 0.0588. The zero-order valence-corrected chi connectivity index (χ0v) is 12.0. The molecular formula is C17H17N2P. The maximum Gasteiger partial charge on any atom is 0.1000 e. The minimum atomic E-state index is -0.638. The molecule has 2 aromatic rings. The van der Waals surface area contributed by atoms with E-state index in [4.69, 9.17) is 5.73 Å². The number of benzene rings is 2. The van der Waals surface area contributed by atoms with Gasteiger partial charge in [-0.1, -0.05) is 66.7 Å². The minimum Gasteiger partial charge on any atom is -0.330 e. The van der Waals surface area contributed by atoms with Crippen molar-refractivity contribution in [2.75, 3.05) is 0 Å². The van der Waals surface area contributed by atoms with E-state index in [1.165, 1.54) is 10.6 Å². The quantitative estimate of drug-likeness (QED) is 0.876. The van der Waals surface area contributed by atoms with Gasteiger partial charge in [-0.25, -0.2) is 0 Å². The Morgan fingerprint density at radius 2 is 1.35 bits per heavy atom. The molecule has 100 valence electrons. The standard InChI is InChI=1S/C17H17N2P/c18-17-13-7-8-14-19(17)20(15-9-3-1-4-10-15)16-11-5-2-6-12-16/h1-14,17H,18H2. The fourth-order valence-corrected chi connectivity index (χ4v) is 4.55. The largest absolute Gasteiger partial charge is 0.330 e. The molecule has 2 N–H and O–H groups in total. The monoisotopic (exact) mass is 280 g/mol. The van der Waals surface area contributed by atoms with Gasteiger partial charge in [0.1, 0.15) is 0 Å². The highest BCUT2D eigenvalue weighted by Crippen LogP contribution is 2.40. The van der Waals surface area contributed by atoms with Crippen molar-refractivity contribution < 1.29 is 0 Å². The molecule has 1 heterocycles. The minimum absolute atomic E-state index is 0.0773. The average Bonchev–Trinajstić information content (AvgIpc) is 2.52. The molecule has 0 spiro atoms. The highest BCUT2D eigenvalue weighted by Gasteiger charge is 2.23. The lowest BCUT2D eigenvalue weighted by molar-refractivity contribution is 0.518. The molecule has 0 saturated carbocycles. The van der Waals surface area contributed by atoms with Gasteiger partial charge in [0.05, 0.1) is 14.2 Å². The predicted molar refractivity (Wildman–Crippen MR) is 87.2 cm³/mol. The van der Waals surface area contributed by atoms with Crippen molar-refractivity contribution in [3.63, 3.8) is 0 Å². The van der Waals surface area contributed by atoms with E-state index < -0.39 is 8.07 Å². The first-order valence-electron chi connectivity index (χ1n) is 6.65. The third kappa shape index (κ3) is 2.67. The molecule has 3 heteroatoms. The van der Waals surface area contributed by atoms with Crippen LogP contribution in [0, 0.1) is 0 Å². The van der Waals surface area contributed by atoms with Crippen molar-refractivity contribution >= 4 is 18.7 Å². The van der Waals surface area contributed by atoms with Crippen molar-refractivity contribution in [3.8, 4) is 0 Å². The molecule has 1 atom stereocenters. The Morgan fingerprint density at radius 3 is 1.85 bits per heavy atom. The number of rotatable bonds is 3.